The number of carbonyl (C=O) groups excluding carboxylic acids is 1. The van der Waals surface area contributed by atoms with Crippen molar-refractivity contribution in [1.29, 1.82) is 0 Å². The van der Waals surface area contributed by atoms with Gasteiger partial charge in [0.2, 0.25) is 0 Å². The van der Waals surface area contributed by atoms with Crippen molar-refractivity contribution < 1.29 is 4.79 Å². The van der Waals surface area contributed by atoms with Crippen molar-refractivity contribution in [2.75, 3.05) is 5.01 Å². The largest absolute Gasteiger partial charge is 0.272 e. The third kappa shape index (κ3) is 1.86. The van der Waals surface area contributed by atoms with Crippen molar-refractivity contribution in [3.8, 4) is 0 Å². The SMILES string of the molecule is Cc1ccc(C)c(N2N=C(C3CC3)CC2=O)c1. The van der Waals surface area contributed by atoms with E-state index in [4.69, 9.17) is 0 Å². The molecule has 0 N–H and O–H groups in total. The lowest BCUT2D eigenvalue weighted by atomic mass is 10.1. The molecule has 1 saturated carbocycles. The number of carbonyl (C=O) groups is 1. The lowest BCUT2D eigenvalue weighted by Gasteiger charge is -2.15. The zero-order chi connectivity index (χ0) is 12.0. The van der Waals surface area contributed by atoms with Gasteiger partial charge in [0, 0.05) is 0 Å². The van der Waals surface area contributed by atoms with Crippen LogP contribution >= 0.6 is 0 Å². The van der Waals surface area contributed by atoms with Crippen molar-refractivity contribution >= 4 is 17.3 Å². The minimum absolute atomic E-state index is 0.112. The molecule has 0 bridgehead atoms. The van der Waals surface area contributed by atoms with Crippen molar-refractivity contribution in [3.05, 3.63) is 29.3 Å². The van der Waals surface area contributed by atoms with Crippen molar-refractivity contribution in [3.63, 3.8) is 0 Å². The molecule has 1 aromatic rings. The standard InChI is InChI=1S/C14H16N2O/c1-9-3-4-10(2)13(7-9)16-14(17)8-12(15-16)11-5-6-11/h3-4,7,11H,5-6,8H2,1-2H3. The lowest BCUT2D eigenvalue weighted by Crippen LogP contribution is -2.20. The monoisotopic (exact) mass is 228 g/mol. The van der Waals surface area contributed by atoms with Crippen molar-refractivity contribution in [2.24, 2.45) is 11.0 Å². The highest BCUT2D eigenvalue weighted by molar-refractivity contribution is 6.14. The van der Waals surface area contributed by atoms with Crippen LogP contribution in [0.2, 0.25) is 0 Å². The van der Waals surface area contributed by atoms with Crippen LogP contribution in [0.3, 0.4) is 0 Å². The maximum Gasteiger partial charge on any atom is 0.253 e. The number of amides is 1. The van der Waals surface area contributed by atoms with E-state index < -0.39 is 0 Å². The van der Waals surface area contributed by atoms with E-state index in [1.165, 1.54) is 12.8 Å². The molecule has 2 aliphatic rings. The first-order valence-electron chi connectivity index (χ1n) is 6.13. The Morgan fingerprint density at radius 2 is 2.06 bits per heavy atom. The summed E-state index contributed by atoms with van der Waals surface area (Å²) in [5.41, 5.74) is 4.28. The Bertz CT molecular complexity index is 515. The first-order chi connectivity index (χ1) is 8.15. The number of nitrogens with zero attached hydrogens (tertiary/aromatic N) is 2. The van der Waals surface area contributed by atoms with Crippen molar-refractivity contribution in [1.82, 2.24) is 0 Å². The molecule has 3 nitrogen and oxygen atoms in total. The van der Waals surface area contributed by atoms with Gasteiger partial charge in [-0.05, 0) is 49.8 Å². The fourth-order valence-electron chi connectivity index (χ4n) is 2.23. The van der Waals surface area contributed by atoms with Gasteiger partial charge in [-0.25, -0.2) is 5.01 Å². The fourth-order valence-corrected chi connectivity index (χ4v) is 2.23. The van der Waals surface area contributed by atoms with Gasteiger partial charge in [-0.15, -0.1) is 0 Å². The molecule has 1 amide bonds. The highest BCUT2D eigenvalue weighted by Crippen LogP contribution is 2.36. The smallest absolute Gasteiger partial charge is 0.253 e. The van der Waals surface area contributed by atoms with Gasteiger partial charge in [-0.3, -0.25) is 4.79 Å². The second-order valence-electron chi connectivity index (χ2n) is 5.04. The van der Waals surface area contributed by atoms with Crippen LogP contribution in [0.4, 0.5) is 5.69 Å². The van der Waals surface area contributed by atoms with E-state index in [1.54, 1.807) is 5.01 Å². The van der Waals surface area contributed by atoms with Crippen LogP contribution in [0.5, 0.6) is 0 Å². The van der Waals surface area contributed by atoms with Crippen LogP contribution in [-0.4, -0.2) is 11.6 Å². The number of hydrogen-bond acceptors (Lipinski definition) is 2. The Labute approximate surface area is 101 Å². The number of benzene rings is 1. The van der Waals surface area contributed by atoms with E-state index in [0.717, 1.165) is 22.5 Å². The van der Waals surface area contributed by atoms with Crippen LogP contribution in [0, 0.1) is 19.8 Å². The second kappa shape index (κ2) is 3.69. The van der Waals surface area contributed by atoms with Crippen LogP contribution in [-0.2, 0) is 4.79 Å². The average molecular weight is 228 g/mol. The van der Waals surface area contributed by atoms with Crippen LogP contribution in [0.15, 0.2) is 23.3 Å². The highest BCUT2D eigenvalue weighted by Gasteiger charge is 2.35. The molecule has 0 unspecified atom stereocenters. The van der Waals surface area contributed by atoms with E-state index in [1.807, 2.05) is 26.0 Å². The summed E-state index contributed by atoms with van der Waals surface area (Å²) in [6.45, 7) is 4.06. The zero-order valence-corrected chi connectivity index (χ0v) is 10.2. The maximum absolute atomic E-state index is 12.0. The molecule has 0 atom stereocenters. The van der Waals surface area contributed by atoms with Crippen LogP contribution in [0.25, 0.3) is 0 Å². The zero-order valence-electron chi connectivity index (χ0n) is 10.2. The van der Waals surface area contributed by atoms with Gasteiger partial charge in [0.25, 0.3) is 5.91 Å². The summed E-state index contributed by atoms with van der Waals surface area (Å²) in [4.78, 5) is 12.0. The van der Waals surface area contributed by atoms with Crippen LogP contribution in [0.1, 0.15) is 30.4 Å². The number of anilines is 1. The van der Waals surface area contributed by atoms with E-state index >= 15 is 0 Å². The molecular formula is C14H16N2O. The molecule has 17 heavy (non-hydrogen) atoms. The topological polar surface area (TPSA) is 32.7 Å². The first kappa shape index (κ1) is 10.5. The maximum atomic E-state index is 12.0. The Morgan fingerprint density at radius 3 is 2.76 bits per heavy atom. The summed E-state index contributed by atoms with van der Waals surface area (Å²) in [6, 6.07) is 6.14. The molecule has 0 aromatic heterocycles. The molecule has 88 valence electrons. The molecule has 1 aliphatic heterocycles. The molecule has 0 radical (unpaired) electrons. The molecular weight excluding hydrogens is 212 g/mol. The molecule has 3 heteroatoms. The number of aryl methyl sites for hydroxylation is 2. The summed E-state index contributed by atoms with van der Waals surface area (Å²) in [5, 5.41) is 6.10. The average Bonchev–Trinajstić information content (AvgIpc) is 3.07. The fraction of sp³-hybridized carbons (Fsp3) is 0.429. The van der Waals surface area contributed by atoms with Gasteiger partial charge in [0.05, 0.1) is 17.8 Å². The van der Waals surface area contributed by atoms with Gasteiger partial charge in [-0.2, -0.15) is 5.10 Å². The third-order valence-electron chi connectivity index (χ3n) is 3.44. The van der Waals surface area contributed by atoms with E-state index in [-0.39, 0.29) is 5.91 Å². The number of hydrogen-bond donors (Lipinski definition) is 0. The minimum Gasteiger partial charge on any atom is -0.272 e. The van der Waals surface area contributed by atoms with Gasteiger partial charge >= 0.3 is 0 Å². The van der Waals surface area contributed by atoms with Gasteiger partial charge in [-0.1, -0.05) is 12.1 Å². The summed E-state index contributed by atoms with van der Waals surface area (Å²) >= 11 is 0. The molecule has 1 aliphatic carbocycles. The minimum atomic E-state index is 0.112. The molecule has 1 aromatic carbocycles. The van der Waals surface area contributed by atoms with E-state index in [9.17, 15) is 4.79 Å². The Balaban J connectivity index is 1.97. The van der Waals surface area contributed by atoms with E-state index in [0.29, 0.717) is 12.3 Å². The van der Waals surface area contributed by atoms with E-state index in [2.05, 4.69) is 11.2 Å². The third-order valence-corrected chi connectivity index (χ3v) is 3.44. The summed E-state index contributed by atoms with van der Waals surface area (Å²) in [6.07, 6.45) is 2.91. The van der Waals surface area contributed by atoms with Gasteiger partial charge < -0.3 is 0 Å². The van der Waals surface area contributed by atoms with Crippen molar-refractivity contribution in [2.45, 2.75) is 33.1 Å². The molecule has 0 spiro atoms. The Morgan fingerprint density at radius 1 is 1.29 bits per heavy atom. The Hall–Kier alpha value is -1.64. The lowest BCUT2D eigenvalue weighted by molar-refractivity contribution is -0.116. The predicted molar refractivity (Wildman–Crippen MR) is 68.2 cm³/mol. The number of hydrazone groups is 1. The second-order valence-corrected chi connectivity index (χ2v) is 5.04. The van der Waals surface area contributed by atoms with Gasteiger partial charge in [0.1, 0.15) is 0 Å². The summed E-state index contributed by atoms with van der Waals surface area (Å²) < 4.78 is 0. The number of rotatable bonds is 2. The van der Waals surface area contributed by atoms with Crippen LogP contribution < -0.4 is 5.01 Å². The quantitative estimate of drug-likeness (QED) is 0.766. The predicted octanol–water partition coefficient (Wildman–Crippen LogP) is 2.81. The summed E-state index contributed by atoms with van der Waals surface area (Å²) in [5.74, 6) is 0.690. The molecule has 1 fully saturated rings. The summed E-state index contributed by atoms with van der Waals surface area (Å²) in [7, 11) is 0. The highest BCUT2D eigenvalue weighted by atomic mass is 16.2. The normalized spacial score (nSPS) is 19.8. The van der Waals surface area contributed by atoms with Gasteiger partial charge in [0.15, 0.2) is 0 Å². The molecule has 1 heterocycles. The Kier molecular flexibility index (Phi) is 2.28. The molecule has 3 rings (SSSR count). The molecule has 0 saturated heterocycles. The first-order valence-corrected chi connectivity index (χ1v) is 6.13.